The largest absolute Gasteiger partial charge is 0.293 e. The summed E-state index contributed by atoms with van der Waals surface area (Å²) in [5.74, 6) is 0.244. The van der Waals surface area contributed by atoms with E-state index in [2.05, 4.69) is 11.6 Å². The number of hydrogen-bond acceptors (Lipinski definition) is 3. The molecule has 1 aromatic rings. The third-order valence-electron chi connectivity index (χ3n) is 2.31. The second kappa shape index (κ2) is 6.51. The Labute approximate surface area is 95.0 Å². The van der Waals surface area contributed by atoms with E-state index >= 15 is 0 Å². The highest BCUT2D eigenvalue weighted by Gasteiger charge is 2.10. The van der Waals surface area contributed by atoms with Gasteiger partial charge in [-0.05, 0) is 26.2 Å². The number of aromatic nitrogens is 1. The van der Waals surface area contributed by atoms with E-state index in [0.717, 1.165) is 36.3 Å². The summed E-state index contributed by atoms with van der Waals surface area (Å²) < 4.78 is 0. The van der Waals surface area contributed by atoms with Crippen LogP contribution in [0.25, 0.3) is 0 Å². The summed E-state index contributed by atoms with van der Waals surface area (Å²) in [7, 11) is 0. The molecule has 0 amide bonds. The lowest BCUT2D eigenvalue weighted by molar-refractivity contribution is 0.0982. The van der Waals surface area contributed by atoms with Crippen molar-refractivity contribution in [2.24, 2.45) is 0 Å². The predicted molar refractivity (Wildman–Crippen MR) is 64.5 cm³/mol. The van der Waals surface area contributed by atoms with Gasteiger partial charge in [-0.25, -0.2) is 4.98 Å². The van der Waals surface area contributed by atoms with Gasteiger partial charge in [0.1, 0.15) is 0 Å². The average Bonchev–Trinajstić information content (AvgIpc) is 2.64. The normalized spacial score (nSPS) is 10.2. The molecule has 0 atom stereocenters. The summed E-state index contributed by atoms with van der Waals surface area (Å²) in [6.45, 7) is 5.56. The van der Waals surface area contributed by atoms with E-state index in [9.17, 15) is 4.79 Å². The molecule has 82 valence electrons. The summed E-state index contributed by atoms with van der Waals surface area (Å²) in [4.78, 5) is 16.6. The Morgan fingerprint density at radius 1 is 1.53 bits per heavy atom. The van der Waals surface area contributed by atoms with Gasteiger partial charge in [0.05, 0.1) is 16.1 Å². The van der Waals surface area contributed by atoms with E-state index in [1.165, 1.54) is 11.3 Å². The number of Topliss-reactive ketones (excluding diaryl/α,β-unsaturated/α-hetero) is 1. The van der Waals surface area contributed by atoms with Gasteiger partial charge >= 0.3 is 0 Å². The first-order valence-corrected chi connectivity index (χ1v) is 6.18. The van der Waals surface area contributed by atoms with Gasteiger partial charge in [0.2, 0.25) is 0 Å². The molecule has 1 aromatic heterocycles. The number of carbonyl (C=O) groups excluding carboxylic acids is 1. The number of carbonyl (C=O) groups is 1. The van der Waals surface area contributed by atoms with Crippen LogP contribution in [0.3, 0.4) is 0 Å². The van der Waals surface area contributed by atoms with E-state index in [4.69, 9.17) is 0 Å². The second-order valence-electron chi connectivity index (χ2n) is 3.58. The van der Waals surface area contributed by atoms with E-state index < -0.39 is 0 Å². The van der Waals surface area contributed by atoms with Gasteiger partial charge in [0, 0.05) is 6.42 Å². The molecule has 0 aliphatic rings. The first kappa shape index (κ1) is 12.1. The van der Waals surface area contributed by atoms with Gasteiger partial charge in [0.15, 0.2) is 5.78 Å². The van der Waals surface area contributed by atoms with E-state index in [1.807, 2.05) is 13.0 Å². The lowest BCUT2D eigenvalue weighted by Gasteiger charge is -1.98. The summed E-state index contributed by atoms with van der Waals surface area (Å²) in [6, 6.07) is 0. The summed E-state index contributed by atoms with van der Waals surface area (Å²) in [5, 5.41) is 0. The summed E-state index contributed by atoms with van der Waals surface area (Å²) in [6.07, 6.45) is 6.85. The number of thiazole rings is 1. The van der Waals surface area contributed by atoms with Crippen LogP contribution in [0, 0.1) is 6.92 Å². The topological polar surface area (TPSA) is 30.0 Å². The van der Waals surface area contributed by atoms with Gasteiger partial charge in [0.25, 0.3) is 0 Å². The first-order valence-electron chi connectivity index (χ1n) is 5.30. The van der Waals surface area contributed by atoms with Gasteiger partial charge in [-0.3, -0.25) is 4.79 Å². The molecule has 0 N–H and O–H groups in total. The van der Waals surface area contributed by atoms with Crippen molar-refractivity contribution in [1.29, 1.82) is 0 Å². The quantitative estimate of drug-likeness (QED) is 0.400. The third kappa shape index (κ3) is 3.96. The van der Waals surface area contributed by atoms with Crippen LogP contribution in [0.15, 0.2) is 18.2 Å². The average molecular weight is 223 g/mol. The molecule has 1 heterocycles. The minimum absolute atomic E-state index is 0.244. The van der Waals surface area contributed by atoms with Crippen LogP contribution in [0.2, 0.25) is 0 Å². The second-order valence-corrected chi connectivity index (χ2v) is 4.43. The zero-order valence-electron chi connectivity index (χ0n) is 9.16. The Bertz CT molecular complexity index is 330. The van der Waals surface area contributed by atoms with Gasteiger partial charge < -0.3 is 0 Å². The lowest BCUT2D eigenvalue weighted by Crippen LogP contribution is -1.98. The maximum atomic E-state index is 11.7. The summed E-state index contributed by atoms with van der Waals surface area (Å²) >= 11 is 1.45. The molecule has 0 bridgehead atoms. The Hall–Kier alpha value is -0.960. The molecule has 0 aliphatic heterocycles. The smallest absolute Gasteiger partial charge is 0.174 e. The van der Waals surface area contributed by atoms with Gasteiger partial charge in [-0.1, -0.05) is 12.5 Å². The summed E-state index contributed by atoms with van der Waals surface area (Å²) in [5.41, 5.74) is 2.61. The Morgan fingerprint density at radius 2 is 2.33 bits per heavy atom. The van der Waals surface area contributed by atoms with Crippen molar-refractivity contribution in [1.82, 2.24) is 4.98 Å². The molecule has 0 aromatic carbocycles. The number of nitrogens with zero attached hydrogens (tertiary/aromatic N) is 1. The zero-order valence-corrected chi connectivity index (χ0v) is 9.98. The minimum Gasteiger partial charge on any atom is -0.293 e. The third-order valence-corrected chi connectivity index (χ3v) is 3.28. The number of ketones is 1. The highest BCUT2D eigenvalue weighted by Crippen LogP contribution is 2.16. The predicted octanol–water partition coefficient (Wildman–Crippen LogP) is 3.77. The van der Waals surface area contributed by atoms with Crippen molar-refractivity contribution in [2.45, 2.75) is 39.0 Å². The van der Waals surface area contributed by atoms with Crippen LogP contribution in [0.5, 0.6) is 0 Å². The molecule has 0 fully saturated rings. The zero-order chi connectivity index (χ0) is 11.1. The maximum absolute atomic E-state index is 11.7. The van der Waals surface area contributed by atoms with E-state index in [0.29, 0.717) is 6.42 Å². The monoisotopic (exact) mass is 223 g/mol. The number of allylic oxidation sites excluding steroid dienone is 1. The molecule has 3 heteroatoms. The fraction of sp³-hybridized carbons (Fsp3) is 0.500. The van der Waals surface area contributed by atoms with Crippen LogP contribution in [0.4, 0.5) is 0 Å². The molecular formula is C12H17NOS. The molecule has 0 unspecified atom stereocenters. The van der Waals surface area contributed by atoms with Crippen molar-refractivity contribution in [3.63, 3.8) is 0 Å². The SMILES string of the molecule is C=CCCCCCC(=O)c1scnc1C. The number of unbranched alkanes of at least 4 members (excludes halogenated alkanes) is 3. The molecule has 0 aliphatic carbocycles. The van der Waals surface area contributed by atoms with Gasteiger partial charge in [-0.15, -0.1) is 17.9 Å². The molecule has 2 nitrogen and oxygen atoms in total. The first-order chi connectivity index (χ1) is 7.25. The molecule has 0 saturated heterocycles. The van der Waals surface area contributed by atoms with Crippen LogP contribution >= 0.6 is 11.3 Å². The molecule has 0 radical (unpaired) electrons. The Morgan fingerprint density at radius 3 is 2.93 bits per heavy atom. The van der Waals surface area contributed by atoms with Crippen molar-refractivity contribution < 1.29 is 4.79 Å². The Balaban J connectivity index is 2.25. The molecule has 0 spiro atoms. The van der Waals surface area contributed by atoms with Crippen LogP contribution in [-0.2, 0) is 0 Å². The Kier molecular flexibility index (Phi) is 5.26. The standard InChI is InChI=1S/C12H17NOS/c1-3-4-5-6-7-8-11(14)12-10(2)13-9-15-12/h3,9H,1,4-8H2,2H3. The van der Waals surface area contributed by atoms with Crippen LogP contribution in [-0.4, -0.2) is 10.8 Å². The van der Waals surface area contributed by atoms with Crippen molar-refractivity contribution in [3.05, 3.63) is 28.7 Å². The van der Waals surface area contributed by atoms with Crippen LogP contribution in [0.1, 0.15) is 47.5 Å². The molecule has 15 heavy (non-hydrogen) atoms. The molecular weight excluding hydrogens is 206 g/mol. The molecule has 0 saturated carbocycles. The van der Waals surface area contributed by atoms with Crippen molar-refractivity contribution >= 4 is 17.1 Å². The number of aryl methyl sites for hydroxylation is 1. The van der Waals surface area contributed by atoms with Crippen molar-refractivity contribution in [2.75, 3.05) is 0 Å². The fourth-order valence-corrected chi connectivity index (χ4v) is 2.21. The highest BCUT2D eigenvalue weighted by atomic mass is 32.1. The van der Waals surface area contributed by atoms with Crippen LogP contribution < -0.4 is 0 Å². The minimum atomic E-state index is 0.244. The fourth-order valence-electron chi connectivity index (χ4n) is 1.43. The van der Waals surface area contributed by atoms with E-state index in [1.54, 1.807) is 5.51 Å². The maximum Gasteiger partial charge on any atom is 0.174 e. The molecule has 1 rings (SSSR count). The highest BCUT2D eigenvalue weighted by molar-refractivity contribution is 7.11. The number of hydrogen-bond donors (Lipinski definition) is 0. The van der Waals surface area contributed by atoms with Crippen molar-refractivity contribution in [3.8, 4) is 0 Å². The lowest BCUT2D eigenvalue weighted by atomic mass is 10.1. The van der Waals surface area contributed by atoms with E-state index in [-0.39, 0.29) is 5.78 Å². The number of rotatable bonds is 7. The van der Waals surface area contributed by atoms with Gasteiger partial charge in [-0.2, -0.15) is 0 Å².